The molecule has 0 unspecified atom stereocenters. The van der Waals surface area contributed by atoms with Gasteiger partial charge in [0, 0.05) is 45.1 Å². The van der Waals surface area contributed by atoms with Crippen molar-refractivity contribution in [3.05, 3.63) is 18.5 Å². The fourth-order valence-corrected chi connectivity index (χ4v) is 2.43. The van der Waals surface area contributed by atoms with E-state index in [0.29, 0.717) is 26.2 Å². The van der Waals surface area contributed by atoms with Crippen molar-refractivity contribution < 1.29 is 9.53 Å². The van der Waals surface area contributed by atoms with Crippen LogP contribution in [0.2, 0.25) is 0 Å². The molecular weight excluding hydrogens is 423 g/mol. The second-order valence-corrected chi connectivity index (χ2v) is 5.18. The van der Waals surface area contributed by atoms with Crippen molar-refractivity contribution in [2.45, 2.75) is 20.4 Å². The Morgan fingerprint density at radius 2 is 1.96 bits per heavy atom. The summed E-state index contributed by atoms with van der Waals surface area (Å²) in [6, 6.07) is 1.91. The molecule has 1 aromatic rings. The van der Waals surface area contributed by atoms with Crippen molar-refractivity contribution in [3.63, 3.8) is 0 Å². The highest BCUT2D eigenvalue weighted by molar-refractivity contribution is 14.0. The number of ether oxygens (including phenoxy) is 1. The van der Waals surface area contributed by atoms with E-state index in [1.54, 1.807) is 11.1 Å². The van der Waals surface area contributed by atoms with E-state index in [9.17, 15) is 4.79 Å². The van der Waals surface area contributed by atoms with E-state index in [0.717, 1.165) is 32.1 Å². The highest BCUT2D eigenvalue weighted by Crippen LogP contribution is 2.04. The van der Waals surface area contributed by atoms with Gasteiger partial charge >= 0.3 is 6.09 Å². The fraction of sp³-hybridized carbons (Fsp3) is 0.667. The molecule has 1 fully saturated rings. The fourth-order valence-electron chi connectivity index (χ4n) is 2.43. The maximum Gasteiger partial charge on any atom is 0.409 e. The molecule has 0 saturated carbocycles. The minimum absolute atomic E-state index is 0. The molecule has 8 nitrogen and oxygen atoms in total. The molecule has 0 radical (unpaired) electrons. The molecule has 24 heavy (non-hydrogen) atoms. The van der Waals surface area contributed by atoms with Gasteiger partial charge in [-0.05, 0) is 19.9 Å². The van der Waals surface area contributed by atoms with Gasteiger partial charge in [-0.1, -0.05) is 0 Å². The molecule has 9 heteroatoms. The first-order valence-electron chi connectivity index (χ1n) is 8.17. The quantitative estimate of drug-likeness (QED) is 0.415. The van der Waals surface area contributed by atoms with Crippen LogP contribution in [0.3, 0.4) is 0 Å². The van der Waals surface area contributed by atoms with E-state index in [4.69, 9.17) is 4.74 Å². The maximum absolute atomic E-state index is 11.7. The van der Waals surface area contributed by atoms with E-state index in [-0.39, 0.29) is 30.1 Å². The van der Waals surface area contributed by atoms with Gasteiger partial charge in [0.25, 0.3) is 0 Å². The summed E-state index contributed by atoms with van der Waals surface area (Å²) >= 11 is 0. The summed E-state index contributed by atoms with van der Waals surface area (Å²) in [5.41, 5.74) is 0. The molecule has 1 aromatic heterocycles. The molecule has 2 rings (SSSR count). The van der Waals surface area contributed by atoms with Gasteiger partial charge in [0.05, 0.1) is 19.7 Å². The molecule has 136 valence electrons. The number of amides is 1. The van der Waals surface area contributed by atoms with Crippen LogP contribution >= 0.6 is 24.0 Å². The van der Waals surface area contributed by atoms with Gasteiger partial charge < -0.3 is 19.9 Å². The summed E-state index contributed by atoms with van der Waals surface area (Å²) in [6.45, 7) is 9.35. The molecule has 2 heterocycles. The third kappa shape index (κ3) is 6.17. The van der Waals surface area contributed by atoms with Crippen molar-refractivity contribution in [1.29, 1.82) is 0 Å². The summed E-state index contributed by atoms with van der Waals surface area (Å²) < 4.78 is 6.91. The average Bonchev–Trinajstić information content (AvgIpc) is 3.08. The molecule has 0 bridgehead atoms. The molecule has 0 aromatic carbocycles. The number of guanidine groups is 1. The zero-order valence-electron chi connectivity index (χ0n) is 14.3. The van der Waals surface area contributed by atoms with Gasteiger partial charge in [-0.3, -0.25) is 9.67 Å². The summed E-state index contributed by atoms with van der Waals surface area (Å²) in [5.74, 6) is 0.892. The Balaban J connectivity index is 0.00000288. The highest BCUT2D eigenvalue weighted by atomic mass is 127. The SMILES string of the molecule is CCNC(=NCCn1cccn1)N1CCN(C(=O)OCC)CC1.I. The van der Waals surface area contributed by atoms with E-state index >= 15 is 0 Å². The number of hydrogen-bond acceptors (Lipinski definition) is 4. The third-order valence-electron chi connectivity index (χ3n) is 3.59. The first kappa shape index (κ1) is 20.5. The number of nitrogens with one attached hydrogen (secondary N) is 1. The first-order valence-corrected chi connectivity index (χ1v) is 8.17. The zero-order valence-corrected chi connectivity index (χ0v) is 16.7. The van der Waals surface area contributed by atoms with E-state index in [2.05, 4.69) is 27.2 Å². The Bertz CT molecular complexity index is 500. The lowest BCUT2D eigenvalue weighted by Crippen LogP contribution is -2.54. The molecule has 1 amide bonds. The molecule has 1 N–H and O–H groups in total. The molecule has 1 aliphatic rings. The van der Waals surface area contributed by atoms with E-state index < -0.39 is 0 Å². The standard InChI is InChI=1S/C15H26N6O2.HI/c1-3-16-14(17-7-9-21-8-5-6-18-21)19-10-12-20(13-11-19)15(22)23-4-2;/h5-6,8H,3-4,7,9-13H2,1-2H3,(H,16,17);1H. The Morgan fingerprint density at radius 1 is 1.25 bits per heavy atom. The second-order valence-electron chi connectivity index (χ2n) is 5.18. The summed E-state index contributed by atoms with van der Waals surface area (Å²) in [6.07, 6.45) is 3.47. The Morgan fingerprint density at radius 3 is 2.54 bits per heavy atom. The van der Waals surface area contributed by atoms with Crippen LogP contribution in [0.1, 0.15) is 13.8 Å². The van der Waals surface area contributed by atoms with Crippen LogP contribution < -0.4 is 5.32 Å². The number of aliphatic imine (C=N–C) groups is 1. The molecule has 1 aliphatic heterocycles. The van der Waals surface area contributed by atoms with Crippen molar-refractivity contribution in [2.75, 3.05) is 45.9 Å². The number of hydrogen-bond donors (Lipinski definition) is 1. The predicted molar refractivity (Wildman–Crippen MR) is 104 cm³/mol. The minimum atomic E-state index is -0.229. The van der Waals surface area contributed by atoms with E-state index in [1.807, 2.05) is 23.9 Å². The van der Waals surface area contributed by atoms with Crippen LogP contribution in [0.4, 0.5) is 4.79 Å². The van der Waals surface area contributed by atoms with Crippen LogP contribution in [0.5, 0.6) is 0 Å². The zero-order chi connectivity index (χ0) is 16.5. The predicted octanol–water partition coefficient (Wildman–Crippen LogP) is 1.24. The Hall–Kier alpha value is -1.52. The molecule has 1 saturated heterocycles. The normalized spacial score (nSPS) is 15.0. The van der Waals surface area contributed by atoms with Crippen molar-refractivity contribution in [1.82, 2.24) is 24.9 Å². The van der Waals surface area contributed by atoms with Crippen LogP contribution in [0, 0.1) is 0 Å². The molecular formula is C15H27IN6O2. The van der Waals surface area contributed by atoms with Gasteiger partial charge in [-0.2, -0.15) is 5.10 Å². The number of rotatable bonds is 5. The number of nitrogens with zero attached hydrogens (tertiary/aromatic N) is 5. The van der Waals surface area contributed by atoms with Crippen LogP contribution in [-0.4, -0.2) is 77.5 Å². The number of halogens is 1. The molecule has 0 aliphatic carbocycles. The van der Waals surface area contributed by atoms with Crippen LogP contribution in [0.15, 0.2) is 23.5 Å². The smallest absolute Gasteiger partial charge is 0.409 e. The lowest BCUT2D eigenvalue weighted by atomic mass is 10.3. The van der Waals surface area contributed by atoms with E-state index in [1.165, 1.54) is 0 Å². The van der Waals surface area contributed by atoms with Gasteiger partial charge in [-0.15, -0.1) is 24.0 Å². The van der Waals surface area contributed by atoms with Gasteiger partial charge in [0.15, 0.2) is 5.96 Å². The van der Waals surface area contributed by atoms with Crippen LogP contribution in [-0.2, 0) is 11.3 Å². The third-order valence-corrected chi connectivity index (χ3v) is 3.59. The lowest BCUT2D eigenvalue weighted by Gasteiger charge is -2.35. The Kier molecular flexibility index (Phi) is 9.50. The van der Waals surface area contributed by atoms with Gasteiger partial charge in [0.2, 0.25) is 0 Å². The van der Waals surface area contributed by atoms with Crippen molar-refractivity contribution in [3.8, 4) is 0 Å². The van der Waals surface area contributed by atoms with Gasteiger partial charge in [-0.25, -0.2) is 4.79 Å². The van der Waals surface area contributed by atoms with Crippen LogP contribution in [0.25, 0.3) is 0 Å². The largest absolute Gasteiger partial charge is 0.450 e. The monoisotopic (exact) mass is 450 g/mol. The lowest BCUT2D eigenvalue weighted by molar-refractivity contribution is 0.0914. The average molecular weight is 450 g/mol. The molecule has 0 spiro atoms. The van der Waals surface area contributed by atoms with Gasteiger partial charge in [0.1, 0.15) is 0 Å². The summed E-state index contributed by atoms with van der Waals surface area (Å²) in [7, 11) is 0. The summed E-state index contributed by atoms with van der Waals surface area (Å²) in [5, 5.41) is 7.49. The highest BCUT2D eigenvalue weighted by Gasteiger charge is 2.23. The minimum Gasteiger partial charge on any atom is -0.450 e. The number of piperazine rings is 1. The Labute approximate surface area is 160 Å². The first-order chi connectivity index (χ1) is 11.2. The maximum atomic E-state index is 11.7. The molecule has 0 atom stereocenters. The summed E-state index contributed by atoms with van der Waals surface area (Å²) in [4.78, 5) is 20.3. The number of carbonyl (C=O) groups is 1. The van der Waals surface area contributed by atoms with Crippen molar-refractivity contribution in [2.24, 2.45) is 4.99 Å². The van der Waals surface area contributed by atoms with Crippen molar-refractivity contribution >= 4 is 36.0 Å². The second kappa shape index (κ2) is 11.1. The topological polar surface area (TPSA) is 75.0 Å². The number of aromatic nitrogens is 2. The number of carbonyl (C=O) groups excluding carboxylic acids is 1.